The second-order valence-electron chi connectivity index (χ2n) is 5.90. The average molecular weight is 265 g/mol. The van der Waals surface area contributed by atoms with Crippen LogP contribution in [0.4, 0.5) is 4.39 Å². The molecule has 1 saturated heterocycles. The molecule has 2 atom stereocenters. The standard InChI is InChI=1S/C16H24FNO/c1-3-15(2)12-16(8-10-18,9-11-19-15)13-4-6-14(17)7-5-13/h4-7H,3,8-12,18H2,1-2H3/t15-,16-/m0/s1. The van der Waals surface area contributed by atoms with Crippen molar-refractivity contribution in [3.05, 3.63) is 35.6 Å². The van der Waals surface area contributed by atoms with Crippen LogP contribution < -0.4 is 5.73 Å². The molecule has 1 aliphatic heterocycles. The van der Waals surface area contributed by atoms with Gasteiger partial charge in [-0.25, -0.2) is 4.39 Å². The first-order valence-electron chi connectivity index (χ1n) is 7.14. The highest BCUT2D eigenvalue weighted by Gasteiger charge is 2.42. The Labute approximate surface area is 115 Å². The summed E-state index contributed by atoms with van der Waals surface area (Å²) < 4.78 is 19.1. The fourth-order valence-corrected chi connectivity index (χ4v) is 3.26. The van der Waals surface area contributed by atoms with E-state index in [1.54, 1.807) is 12.1 Å². The minimum atomic E-state index is -0.183. The summed E-state index contributed by atoms with van der Waals surface area (Å²) >= 11 is 0. The Bertz CT molecular complexity index is 415. The molecule has 1 fully saturated rings. The zero-order valence-corrected chi connectivity index (χ0v) is 11.9. The third kappa shape index (κ3) is 2.98. The Morgan fingerprint density at radius 1 is 1.32 bits per heavy atom. The van der Waals surface area contributed by atoms with E-state index in [4.69, 9.17) is 10.5 Å². The van der Waals surface area contributed by atoms with Crippen LogP contribution in [0, 0.1) is 5.82 Å². The van der Waals surface area contributed by atoms with Gasteiger partial charge in [-0.15, -0.1) is 0 Å². The van der Waals surface area contributed by atoms with E-state index < -0.39 is 0 Å². The van der Waals surface area contributed by atoms with Gasteiger partial charge in [0.25, 0.3) is 0 Å². The van der Waals surface area contributed by atoms with Crippen molar-refractivity contribution in [3.63, 3.8) is 0 Å². The molecule has 0 aromatic heterocycles. The summed E-state index contributed by atoms with van der Waals surface area (Å²) in [6.45, 7) is 5.73. The zero-order valence-electron chi connectivity index (χ0n) is 11.9. The molecule has 0 aliphatic carbocycles. The van der Waals surface area contributed by atoms with Gasteiger partial charge in [-0.3, -0.25) is 0 Å². The number of benzene rings is 1. The molecule has 19 heavy (non-hydrogen) atoms. The van der Waals surface area contributed by atoms with Crippen molar-refractivity contribution in [2.45, 2.75) is 50.5 Å². The molecule has 2 N–H and O–H groups in total. The van der Waals surface area contributed by atoms with Gasteiger partial charge in [-0.05, 0) is 56.8 Å². The summed E-state index contributed by atoms with van der Waals surface area (Å²) in [4.78, 5) is 0. The minimum Gasteiger partial charge on any atom is -0.375 e. The van der Waals surface area contributed by atoms with E-state index in [2.05, 4.69) is 13.8 Å². The van der Waals surface area contributed by atoms with E-state index in [9.17, 15) is 4.39 Å². The SMILES string of the molecule is CC[C@@]1(C)C[C@@](CCN)(c2ccc(F)cc2)CCO1. The van der Waals surface area contributed by atoms with Crippen molar-refractivity contribution >= 4 is 0 Å². The number of hydrogen-bond donors (Lipinski definition) is 1. The maximum absolute atomic E-state index is 13.1. The lowest BCUT2D eigenvalue weighted by Gasteiger charge is -2.46. The smallest absolute Gasteiger partial charge is 0.123 e. The van der Waals surface area contributed by atoms with Gasteiger partial charge in [0.2, 0.25) is 0 Å². The van der Waals surface area contributed by atoms with Crippen LogP contribution in [0.1, 0.15) is 45.1 Å². The molecule has 1 aromatic rings. The van der Waals surface area contributed by atoms with E-state index in [-0.39, 0.29) is 16.8 Å². The lowest BCUT2D eigenvalue weighted by molar-refractivity contribution is -0.0976. The molecule has 0 unspecified atom stereocenters. The highest BCUT2D eigenvalue weighted by Crippen LogP contribution is 2.44. The summed E-state index contributed by atoms with van der Waals surface area (Å²) in [5.41, 5.74) is 6.96. The maximum Gasteiger partial charge on any atom is 0.123 e. The fraction of sp³-hybridized carbons (Fsp3) is 0.625. The fourth-order valence-electron chi connectivity index (χ4n) is 3.26. The van der Waals surface area contributed by atoms with Crippen molar-refractivity contribution < 1.29 is 9.13 Å². The molecular weight excluding hydrogens is 241 g/mol. The van der Waals surface area contributed by atoms with Gasteiger partial charge >= 0.3 is 0 Å². The number of nitrogens with two attached hydrogens (primary N) is 1. The van der Waals surface area contributed by atoms with Crippen LogP contribution >= 0.6 is 0 Å². The summed E-state index contributed by atoms with van der Waals surface area (Å²) in [7, 11) is 0. The Hall–Kier alpha value is -0.930. The monoisotopic (exact) mass is 265 g/mol. The van der Waals surface area contributed by atoms with Gasteiger partial charge in [-0.1, -0.05) is 19.1 Å². The van der Waals surface area contributed by atoms with Crippen molar-refractivity contribution in [2.24, 2.45) is 5.73 Å². The minimum absolute atomic E-state index is 0.0332. The molecule has 0 radical (unpaired) electrons. The van der Waals surface area contributed by atoms with E-state index in [1.165, 1.54) is 5.56 Å². The normalized spacial score (nSPS) is 31.4. The molecule has 0 bridgehead atoms. The first-order valence-corrected chi connectivity index (χ1v) is 7.14. The van der Waals surface area contributed by atoms with Crippen LogP contribution in [0.3, 0.4) is 0 Å². The lowest BCUT2D eigenvalue weighted by atomic mass is 9.66. The molecule has 2 nitrogen and oxygen atoms in total. The van der Waals surface area contributed by atoms with Crippen LogP contribution in [0.5, 0.6) is 0 Å². The number of rotatable bonds is 4. The number of ether oxygens (including phenoxy) is 1. The molecule has 1 aromatic carbocycles. The Balaban J connectivity index is 2.34. The first kappa shape index (κ1) is 14.5. The largest absolute Gasteiger partial charge is 0.375 e. The zero-order chi connectivity index (χ0) is 13.9. The lowest BCUT2D eigenvalue weighted by Crippen LogP contribution is -2.46. The van der Waals surface area contributed by atoms with Crippen LogP contribution in [0.25, 0.3) is 0 Å². The van der Waals surface area contributed by atoms with Crippen molar-refractivity contribution in [1.29, 1.82) is 0 Å². The molecule has 106 valence electrons. The van der Waals surface area contributed by atoms with E-state index in [1.807, 2.05) is 12.1 Å². The third-order valence-electron chi connectivity index (χ3n) is 4.57. The summed E-state index contributed by atoms with van der Waals surface area (Å²) in [6.07, 6.45) is 3.84. The number of hydrogen-bond acceptors (Lipinski definition) is 2. The molecule has 1 aliphatic rings. The highest BCUT2D eigenvalue weighted by atomic mass is 19.1. The molecule has 0 saturated carbocycles. The highest BCUT2D eigenvalue weighted by molar-refractivity contribution is 5.27. The van der Waals surface area contributed by atoms with Gasteiger partial charge in [0, 0.05) is 12.0 Å². The van der Waals surface area contributed by atoms with Gasteiger partial charge in [-0.2, -0.15) is 0 Å². The molecular formula is C16H24FNO. The molecule has 0 amide bonds. The van der Waals surface area contributed by atoms with E-state index in [0.29, 0.717) is 6.54 Å². The third-order valence-corrected chi connectivity index (χ3v) is 4.57. The average Bonchev–Trinajstić information content (AvgIpc) is 2.40. The van der Waals surface area contributed by atoms with Crippen LogP contribution in [0.15, 0.2) is 24.3 Å². The second-order valence-corrected chi connectivity index (χ2v) is 5.90. The predicted molar refractivity (Wildman–Crippen MR) is 75.6 cm³/mol. The molecule has 3 heteroatoms. The van der Waals surface area contributed by atoms with Gasteiger partial charge in [0.05, 0.1) is 5.60 Å². The van der Waals surface area contributed by atoms with E-state index >= 15 is 0 Å². The van der Waals surface area contributed by atoms with Gasteiger partial charge in [0.15, 0.2) is 0 Å². The van der Waals surface area contributed by atoms with Crippen molar-refractivity contribution in [1.82, 2.24) is 0 Å². The quantitative estimate of drug-likeness (QED) is 0.905. The molecule has 1 heterocycles. The van der Waals surface area contributed by atoms with Crippen LogP contribution in [-0.4, -0.2) is 18.8 Å². The number of halogens is 1. The summed E-state index contributed by atoms with van der Waals surface area (Å²) in [6, 6.07) is 6.91. The Morgan fingerprint density at radius 3 is 2.58 bits per heavy atom. The van der Waals surface area contributed by atoms with Gasteiger partial charge in [0.1, 0.15) is 5.82 Å². The molecule has 2 rings (SSSR count). The Kier molecular flexibility index (Phi) is 4.26. The van der Waals surface area contributed by atoms with E-state index in [0.717, 1.165) is 32.3 Å². The maximum atomic E-state index is 13.1. The summed E-state index contributed by atoms with van der Waals surface area (Å²) in [5, 5.41) is 0. The van der Waals surface area contributed by atoms with Crippen LogP contribution in [-0.2, 0) is 10.2 Å². The first-order chi connectivity index (χ1) is 9.03. The topological polar surface area (TPSA) is 35.2 Å². The second kappa shape index (κ2) is 5.59. The summed E-state index contributed by atoms with van der Waals surface area (Å²) in [5.74, 6) is -0.183. The van der Waals surface area contributed by atoms with Crippen LogP contribution in [0.2, 0.25) is 0 Å². The van der Waals surface area contributed by atoms with Gasteiger partial charge < -0.3 is 10.5 Å². The molecule has 0 spiro atoms. The van der Waals surface area contributed by atoms with Crippen molar-refractivity contribution in [3.8, 4) is 0 Å². The van der Waals surface area contributed by atoms with Crippen molar-refractivity contribution in [2.75, 3.05) is 13.2 Å². The Morgan fingerprint density at radius 2 is 2.00 bits per heavy atom. The predicted octanol–water partition coefficient (Wildman–Crippen LogP) is 3.39.